The Balaban J connectivity index is 2.22. The molecule has 1 saturated heterocycles. The first-order valence-electron chi connectivity index (χ1n) is 5.34. The number of nitrogens with zero attached hydrogens (tertiary/aromatic N) is 1. The molecule has 0 aromatic heterocycles. The van der Waals surface area contributed by atoms with Crippen molar-refractivity contribution in [3.63, 3.8) is 0 Å². The molecule has 0 radical (unpaired) electrons. The van der Waals surface area contributed by atoms with Crippen LogP contribution < -0.4 is 4.74 Å². The summed E-state index contributed by atoms with van der Waals surface area (Å²) >= 11 is 3.19. The molecule has 0 amide bonds. The number of ether oxygens (including phenoxy) is 2. The Labute approximate surface area is 107 Å². The van der Waals surface area contributed by atoms with Gasteiger partial charge in [-0.05, 0) is 12.1 Å². The van der Waals surface area contributed by atoms with E-state index in [4.69, 9.17) is 14.7 Å². The van der Waals surface area contributed by atoms with E-state index in [0.717, 1.165) is 12.8 Å². The molecule has 3 nitrogen and oxygen atoms in total. The first kappa shape index (κ1) is 12.3. The van der Waals surface area contributed by atoms with Crippen molar-refractivity contribution in [2.75, 3.05) is 13.2 Å². The lowest BCUT2D eigenvalue weighted by Gasteiger charge is -2.23. The van der Waals surface area contributed by atoms with Crippen molar-refractivity contribution in [3.8, 4) is 11.8 Å². The van der Waals surface area contributed by atoms with E-state index < -0.39 is 5.82 Å². The topological polar surface area (TPSA) is 42.2 Å². The largest absolute Gasteiger partial charge is 0.489 e. The molecule has 0 N–H and O–H groups in total. The van der Waals surface area contributed by atoms with Gasteiger partial charge >= 0.3 is 0 Å². The Morgan fingerprint density at radius 2 is 2.12 bits per heavy atom. The first-order valence-corrected chi connectivity index (χ1v) is 6.13. The molecule has 0 unspecified atom stereocenters. The van der Waals surface area contributed by atoms with E-state index in [1.165, 1.54) is 6.07 Å². The highest BCUT2D eigenvalue weighted by Gasteiger charge is 2.19. The standard InChI is InChI=1S/C12H11BrFNO2/c13-8-5-11(14)10(7-15)12(6-8)17-9-1-3-16-4-2-9/h5-6,9H,1-4H2. The van der Waals surface area contributed by atoms with Crippen LogP contribution in [0.15, 0.2) is 16.6 Å². The summed E-state index contributed by atoms with van der Waals surface area (Å²) in [5, 5.41) is 8.91. The van der Waals surface area contributed by atoms with E-state index in [1.54, 1.807) is 6.07 Å². The van der Waals surface area contributed by atoms with Gasteiger partial charge in [0.25, 0.3) is 0 Å². The third-order valence-electron chi connectivity index (χ3n) is 2.59. The lowest BCUT2D eigenvalue weighted by atomic mass is 10.1. The second-order valence-corrected chi connectivity index (χ2v) is 4.72. The summed E-state index contributed by atoms with van der Waals surface area (Å²) in [5.41, 5.74) is -0.0420. The third-order valence-corrected chi connectivity index (χ3v) is 3.05. The van der Waals surface area contributed by atoms with Gasteiger partial charge in [0.15, 0.2) is 0 Å². The van der Waals surface area contributed by atoms with Gasteiger partial charge in [0.1, 0.15) is 29.3 Å². The predicted octanol–water partition coefficient (Wildman–Crippen LogP) is 3.02. The number of nitriles is 1. The maximum atomic E-state index is 13.5. The van der Waals surface area contributed by atoms with Crippen LogP contribution in [0.25, 0.3) is 0 Å². The van der Waals surface area contributed by atoms with Crippen LogP contribution in [0.4, 0.5) is 4.39 Å². The fourth-order valence-corrected chi connectivity index (χ4v) is 2.13. The zero-order valence-electron chi connectivity index (χ0n) is 9.08. The lowest BCUT2D eigenvalue weighted by Crippen LogP contribution is -2.26. The van der Waals surface area contributed by atoms with Crippen LogP contribution in [0.1, 0.15) is 18.4 Å². The highest BCUT2D eigenvalue weighted by molar-refractivity contribution is 9.10. The molecule has 1 aromatic carbocycles. The Morgan fingerprint density at radius 3 is 2.76 bits per heavy atom. The quantitative estimate of drug-likeness (QED) is 0.843. The summed E-state index contributed by atoms with van der Waals surface area (Å²) in [7, 11) is 0. The zero-order valence-corrected chi connectivity index (χ0v) is 10.7. The van der Waals surface area contributed by atoms with Crippen LogP contribution in [-0.2, 0) is 4.74 Å². The number of rotatable bonds is 2. The van der Waals surface area contributed by atoms with E-state index in [2.05, 4.69) is 15.9 Å². The smallest absolute Gasteiger partial charge is 0.145 e. The average molecular weight is 300 g/mol. The van der Waals surface area contributed by atoms with Crippen molar-refractivity contribution < 1.29 is 13.9 Å². The van der Waals surface area contributed by atoms with Gasteiger partial charge in [0.2, 0.25) is 0 Å². The summed E-state index contributed by atoms with van der Waals surface area (Å²) in [6.45, 7) is 1.28. The number of halogens is 2. The minimum atomic E-state index is -0.566. The van der Waals surface area contributed by atoms with Gasteiger partial charge in [-0.1, -0.05) is 15.9 Å². The second kappa shape index (κ2) is 5.48. The predicted molar refractivity (Wildman–Crippen MR) is 63.3 cm³/mol. The second-order valence-electron chi connectivity index (χ2n) is 3.80. The number of benzene rings is 1. The Hall–Kier alpha value is -1.12. The molecule has 5 heteroatoms. The van der Waals surface area contributed by atoms with Crippen molar-refractivity contribution in [1.82, 2.24) is 0 Å². The minimum absolute atomic E-state index is 0.00968. The normalized spacial score (nSPS) is 16.5. The monoisotopic (exact) mass is 299 g/mol. The van der Waals surface area contributed by atoms with E-state index in [-0.39, 0.29) is 11.7 Å². The molecule has 0 aliphatic carbocycles. The molecule has 0 spiro atoms. The number of hydrogen-bond donors (Lipinski definition) is 0. The molecular formula is C12H11BrFNO2. The molecule has 1 aromatic rings. The van der Waals surface area contributed by atoms with Crippen molar-refractivity contribution in [1.29, 1.82) is 5.26 Å². The van der Waals surface area contributed by atoms with Crippen LogP contribution in [0, 0.1) is 17.1 Å². The third kappa shape index (κ3) is 2.96. The van der Waals surface area contributed by atoms with Gasteiger partial charge in [0, 0.05) is 17.3 Å². The molecule has 1 aliphatic heterocycles. The summed E-state index contributed by atoms with van der Waals surface area (Å²) in [5.74, 6) is -0.268. The van der Waals surface area contributed by atoms with Crippen molar-refractivity contribution in [2.45, 2.75) is 18.9 Å². The highest BCUT2D eigenvalue weighted by atomic mass is 79.9. The maximum Gasteiger partial charge on any atom is 0.145 e. The lowest BCUT2D eigenvalue weighted by molar-refractivity contribution is 0.0253. The van der Waals surface area contributed by atoms with E-state index in [1.807, 2.05) is 6.07 Å². The van der Waals surface area contributed by atoms with Gasteiger partial charge in [-0.25, -0.2) is 4.39 Å². The van der Waals surface area contributed by atoms with Crippen LogP contribution in [0.5, 0.6) is 5.75 Å². The van der Waals surface area contributed by atoms with E-state index in [0.29, 0.717) is 23.4 Å². The minimum Gasteiger partial charge on any atom is -0.489 e. The van der Waals surface area contributed by atoms with Crippen molar-refractivity contribution in [3.05, 3.63) is 28.0 Å². The van der Waals surface area contributed by atoms with Crippen molar-refractivity contribution >= 4 is 15.9 Å². The summed E-state index contributed by atoms with van der Waals surface area (Å²) in [6, 6.07) is 4.71. The Morgan fingerprint density at radius 1 is 1.41 bits per heavy atom. The van der Waals surface area contributed by atoms with E-state index in [9.17, 15) is 4.39 Å². The average Bonchev–Trinajstić information content (AvgIpc) is 2.30. The fourth-order valence-electron chi connectivity index (χ4n) is 1.72. The van der Waals surface area contributed by atoms with Gasteiger partial charge in [-0.3, -0.25) is 0 Å². The van der Waals surface area contributed by atoms with Gasteiger partial charge in [-0.15, -0.1) is 0 Å². The summed E-state index contributed by atoms with van der Waals surface area (Å²) in [6.07, 6.45) is 1.52. The van der Waals surface area contributed by atoms with Gasteiger partial charge < -0.3 is 9.47 Å². The summed E-state index contributed by atoms with van der Waals surface area (Å²) < 4.78 is 25.0. The summed E-state index contributed by atoms with van der Waals surface area (Å²) in [4.78, 5) is 0. The molecule has 0 bridgehead atoms. The Bertz CT molecular complexity index is 453. The molecule has 17 heavy (non-hydrogen) atoms. The molecule has 1 aliphatic rings. The molecule has 2 rings (SSSR count). The van der Waals surface area contributed by atoms with Crippen molar-refractivity contribution in [2.24, 2.45) is 0 Å². The molecule has 90 valence electrons. The molecule has 0 atom stereocenters. The Kier molecular flexibility index (Phi) is 3.97. The number of hydrogen-bond acceptors (Lipinski definition) is 3. The van der Waals surface area contributed by atoms with Crippen LogP contribution in [0.3, 0.4) is 0 Å². The molecule has 1 fully saturated rings. The fraction of sp³-hybridized carbons (Fsp3) is 0.417. The SMILES string of the molecule is N#Cc1c(F)cc(Br)cc1OC1CCOCC1. The zero-order chi connectivity index (χ0) is 12.3. The van der Waals surface area contributed by atoms with E-state index >= 15 is 0 Å². The van der Waals surface area contributed by atoms with Crippen LogP contribution >= 0.6 is 15.9 Å². The molecular weight excluding hydrogens is 289 g/mol. The molecule has 1 heterocycles. The maximum absolute atomic E-state index is 13.5. The van der Waals surface area contributed by atoms with Gasteiger partial charge in [-0.2, -0.15) is 5.26 Å². The first-order chi connectivity index (χ1) is 8.20. The molecule has 0 saturated carbocycles. The van der Waals surface area contributed by atoms with Gasteiger partial charge in [0.05, 0.1) is 13.2 Å². The van der Waals surface area contributed by atoms with Crippen LogP contribution in [0.2, 0.25) is 0 Å². The van der Waals surface area contributed by atoms with Crippen LogP contribution in [-0.4, -0.2) is 19.3 Å². The highest BCUT2D eigenvalue weighted by Crippen LogP contribution is 2.28.